The SMILES string of the molecule is CCC(NC1CCCC(CC(C)C)C1)c1ccc(Br)cc1. The molecule has 0 saturated heterocycles. The fourth-order valence-corrected chi connectivity index (χ4v) is 4.02. The number of halogens is 1. The molecule has 0 amide bonds. The Balaban J connectivity index is 1.93. The van der Waals surface area contributed by atoms with Crippen molar-refractivity contribution in [2.24, 2.45) is 11.8 Å². The average molecular weight is 352 g/mol. The first kappa shape index (κ1) is 17.0. The minimum atomic E-state index is 0.501. The van der Waals surface area contributed by atoms with Gasteiger partial charge in [-0.05, 0) is 55.2 Å². The van der Waals surface area contributed by atoms with Crippen LogP contribution in [0.15, 0.2) is 28.7 Å². The lowest BCUT2D eigenvalue weighted by atomic mass is 9.80. The molecule has 2 rings (SSSR count). The van der Waals surface area contributed by atoms with E-state index in [0.29, 0.717) is 12.1 Å². The summed E-state index contributed by atoms with van der Waals surface area (Å²) in [6.45, 7) is 7.00. The molecule has 1 nitrogen and oxygen atoms in total. The van der Waals surface area contributed by atoms with Gasteiger partial charge in [0.15, 0.2) is 0 Å². The van der Waals surface area contributed by atoms with Crippen LogP contribution in [0.5, 0.6) is 0 Å². The van der Waals surface area contributed by atoms with E-state index >= 15 is 0 Å². The minimum absolute atomic E-state index is 0.501. The lowest BCUT2D eigenvalue weighted by Crippen LogP contribution is -2.37. The van der Waals surface area contributed by atoms with Crippen molar-refractivity contribution in [3.63, 3.8) is 0 Å². The van der Waals surface area contributed by atoms with Gasteiger partial charge in [-0.1, -0.05) is 61.7 Å². The molecule has 0 heterocycles. The van der Waals surface area contributed by atoms with Crippen LogP contribution >= 0.6 is 15.9 Å². The molecule has 21 heavy (non-hydrogen) atoms. The zero-order chi connectivity index (χ0) is 15.2. The average Bonchev–Trinajstić information content (AvgIpc) is 2.45. The van der Waals surface area contributed by atoms with E-state index in [1.54, 1.807) is 0 Å². The fourth-order valence-electron chi connectivity index (χ4n) is 3.75. The summed E-state index contributed by atoms with van der Waals surface area (Å²) < 4.78 is 1.16. The smallest absolute Gasteiger partial charge is 0.0320 e. The van der Waals surface area contributed by atoms with Crippen molar-refractivity contribution < 1.29 is 0 Å². The first-order valence-electron chi connectivity index (χ1n) is 8.60. The summed E-state index contributed by atoms with van der Waals surface area (Å²) in [5, 5.41) is 3.93. The second-order valence-electron chi connectivity index (χ2n) is 7.04. The fraction of sp³-hybridized carbons (Fsp3) is 0.684. The second-order valence-corrected chi connectivity index (χ2v) is 7.95. The second kappa shape index (κ2) is 8.33. The van der Waals surface area contributed by atoms with E-state index in [-0.39, 0.29) is 0 Å². The van der Waals surface area contributed by atoms with E-state index in [9.17, 15) is 0 Å². The Labute approximate surface area is 139 Å². The summed E-state index contributed by atoms with van der Waals surface area (Å²) in [5.74, 6) is 1.76. The summed E-state index contributed by atoms with van der Waals surface area (Å²) in [6.07, 6.45) is 8.10. The van der Waals surface area contributed by atoms with Crippen LogP contribution < -0.4 is 5.32 Å². The van der Waals surface area contributed by atoms with E-state index < -0.39 is 0 Å². The zero-order valence-corrected chi connectivity index (χ0v) is 15.3. The monoisotopic (exact) mass is 351 g/mol. The predicted octanol–water partition coefficient (Wildman–Crippen LogP) is 6.09. The molecule has 0 aromatic heterocycles. The molecule has 3 unspecified atom stereocenters. The molecule has 1 aliphatic rings. The van der Waals surface area contributed by atoms with Gasteiger partial charge in [0.1, 0.15) is 0 Å². The Hall–Kier alpha value is -0.340. The molecule has 0 spiro atoms. The summed E-state index contributed by atoms with van der Waals surface area (Å²) in [4.78, 5) is 0. The number of hydrogen-bond acceptors (Lipinski definition) is 1. The molecular weight excluding hydrogens is 322 g/mol. The third-order valence-corrected chi connectivity index (χ3v) is 5.23. The van der Waals surface area contributed by atoms with Gasteiger partial charge in [-0.2, -0.15) is 0 Å². The van der Waals surface area contributed by atoms with Gasteiger partial charge in [0.25, 0.3) is 0 Å². The van der Waals surface area contributed by atoms with Crippen molar-refractivity contribution in [3.05, 3.63) is 34.3 Å². The van der Waals surface area contributed by atoms with E-state index in [4.69, 9.17) is 0 Å². The van der Waals surface area contributed by atoms with Crippen molar-refractivity contribution in [2.45, 2.75) is 71.4 Å². The van der Waals surface area contributed by atoms with Crippen molar-refractivity contribution in [3.8, 4) is 0 Å². The predicted molar refractivity (Wildman–Crippen MR) is 95.5 cm³/mol. The first-order valence-corrected chi connectivity index (χ1v) is 9.39. The molecule has 1 fully saturated rings. The van der Waals surface area contributed by atoms with Gasteiger partial charge >= 0.3 is 0 Å². The third-order valence-electron chi connectivity index (χ3n) is 4.71. The molecule has 1 aromatic rings. The van der Waals surface area contributed by atoms with Crippen LogP contribution in [0.4, 0.5) is 0 Å². The molecule has 3 atom stereocenters. The number of hydrogen-bond donors (Lipinski definition) is 1. The molecule has 118 valence electrons. The van der Waals surface area contributed by atoms with Crippen LogP contribution in [0.2, 0.25) is 0 Å². The molecule has 1 aromatic carbocycles. The number of rotatable bonds is 6. The Morgan fingerprint density at radius 1 is 1.19 bits per heavy atom. The van der Waals surface area contributed by atoms with Crippen molar-refractivity contribution in [1.82, 2.24) is 5.32 Å². The zero-order valence-electron chi connectivity index (χ0n) is 13.7. The molecule has 0 radical (unpaired) electrons. The highest BCUT2D eigenvalue weighted by molar-refractivity contribution is 9.10. The van der Waals surface area contributed by atoms with E-state index in [0.717, 1.165) is 22.7 Å². The van der Waals surface area contributed by atoms with Crippen LogP contribution in [0, 0.1) is 11.8 Å². The summed E-state index contributed by atoms with van der Waals surface area (Å²) >= 11 is 3.53. The summed E-state index contributed by atoms with van der Waals surface area (Å²) in [5.41, 5.74) is 1.42. The van der Waals surface area contributed by atoms with E-state index in [1.165, 1.54) is 37.7 Å². The first-order chi connectivity index (χ1) is 10.1. The summed E-state index contributed by atoms with van der Waals surface area (Å²) in [6, 6.07) is 10.0. The van der Waals surface area contributed by atoms with Gasteiger partial charge in [-0.25, -0.2) is 0 Å². The van der Waals surface area contributed by atoms with Crippen LogP contribution in [-0.2, 0) is 0 Å². The quantitative estimate of drug-likeness (QED) is 0.653. The molecular formula is C19H30BrN. The highest BCUT2D eigenvalue weighted by Crippen LogP contribution is 2.31. The van der Waals surface area contributed by atoms with Crippen LogP contribution in [-0.4, -0.2) is 6.04 Å². The molecule has 0 bridgehead atoms. The van der Waals surface area contributed by atoms with E-state index in [2.05, 4.69) is 66.3 Å². The Bertz CT molecular complexity index is 412. The minimum Gasteiger partial charge on any atom is -0.307 e. The number of nitrogens with one attached hydrogen (secondary N) is 1. The Morgan fingerprint density at radius 2 is 1.90 bits per heavy atom. The maximum Gasteiger partial charge on any atom is 0.0320 e. The molecule has 1 N–H and O–H groups in total. The molecule has 1 aliphatic carbocycles. The third kappa shape index (κ3) is 5.41. The maximum absolute atomic E-state index is 3.93. The van der Waals surface area contributed by atoms with Crippen molar-refractivity contribution in [1.29, 1.82) is 0 Å². The highest BCUT2D eigenvalue weighted by Gasteiger charge is 2.24. The van der Waals surface area contributed by atoms with Crippen LogP contribution in [0.3, 0.4) is 0 Å². The Kier molecular flexibility index (Phi) is 6.75. The van der Waals surface area contributed by atoms with Gasteiger partial charge in [-0.15, -0.1) is 0 Å². The lowest BCUT2D eigenvalue weighted by molar-refractivity contribution is 0.238. The highest BCUT2D eigenvalue weighted by atomic mass is 79.9. The Morgan fingerprint density at radius 3 is 2.52 bits per heavy atom. The largest absolute Gasteiger partial charge is 0.307 e. The maximum atomic E-state index is 3.93. The van der Waals surface area contributed by atoms with Gasteiger partial charge in [0.05, 0.1) is 0 Å². The van der Waals surface area contributed by atoms with Gasteiger partial charge < -0.3 is 5.32 Å². The standard InChI is InChI=1S/C19H30BrN/c1-4-19(16-8-10-17(20)11-9-16)21-18-7-5-6-15(13-18)12-14(2)3/h8-11,14-15,18-19,21H,4-7,12-13H2,1-3H3. The van der Waals surface area contributed by atoms with Gasteiger partial charge in [-0.3, -0.25) is 0 Å². The molecule has 1 saturated carbocycles. The van der Waals surface area contributed by atoms with E-state index in [1.807, 2.05) is 0 Å². The topological polar surface area (TPSA) is 12.0 Å². The van der Waals surface area contributed by atoms with Gasteiger partial charge in [0.2, 0.25) is 0 Å². The van der Waals surface area contributed by atoms with Crippen molar-refractivity contribution >= 4 is 15.9 Å². The lowest BCUT2D eigenvalue weighted by Gasteiger charge is -2.33. The molecule has 0 aliphatic heterocycles. The van der Waals surface area contributed by atoms with Crippen molar-refractivity contribution in [2.75, 3.05) is 0 Å². The summed E-state index contributed by atoms with van der Waals surface area (Å²) in [7, 11) is 0. The van der Waals surface area contributed by atoms with Crippen LogP contribution in [0.25, 0.3) is 0 Å². The van der Waals surface area contributed by atoms with Gasteiger partial charge in [0, 0.05) is 16.6 Å². The van der Waals surface area contributed by atoms with Crippen LogP contribution in [0.1, 0.15) is 70.9 Å². The number of benzene rings is 1. The molecule has 2 heteroatoms. The normalized spacial score (nSPS) is 24.2.